The van der Waals surface area contributed by atoms with Crippen LogP contribution < -0.4 is 0 Å². The highest BCUT2D eigenvalue weighted by molar-refractivity contribution is 5.55. The largest absolute Gasteiger partial charge is 0.348 e. The molecule has 0 aliphatic heterocycles. The van der Waals surface area contributed by atoms with E-state index in [1.54, 1.807) is 0 Å². The molecule has 1 aromatic heterocycles. The summed E-state index contributed by atoms with van der Waals surface area (Å²) in [6, 6.07) is 2.81. The van der Waals surface area contributed by atoms with Gasteiger partial charge in [-0.1, -0.05) is 6.08 Å². The Bertz CT molecular complexity index is 347. The first-order valence-corrected chi connectivity index (χ1v) is 5.25. The Morgan fingerprint density at radius 3 is 2.93 bits per heavy atom. The van der Waals surface area contributed by atoms with E-state index in [2.05, 4.69) is 54.9 Å². The van der Waals surface area contributed by atoms with Crippen molar-refractivity contribution in [1.82, 2.24) is 9.47 Å². The van der Waals surface area contributed by atoms with Gasteiger partial charge in [0, 0.05) is 24.5 Å². The van der Waals surface area contributed by atoms with Gasteiger partial charge in [0.15, 0.2) is 0 Å². The molecule has 14 heavy (non-hydrogen) atoms. The van der Waals surface area contributed by atoms with Crippen molar-refractivity contribution >= 4 is 6.08 Å². The van der Waals surface area contributed by atoms with E-state index >= 15 is 0 Å². The van der Waals surface area contributed by atoms with Gasteiger partial charge in [-0.15, -0.1) is 0 Å². The first kappa shape index (κ1) is 9.53. The lowest BCUT2D eigenvalue weighted by molar-refractivity contribution is 0.340. The predicted octanol–water partition coefficient (Wildman–Crippen LogP) is 2.01. The van der Waals surface area contributed by atoms with Gasteiger partial charge in [-0.05, 0) is 45.1 Å². The summed E-state index contributed by atoms with van der Waals surface area (Å²) in [5.74, 6) is 0. The molecular formula is C12H18N2. The molecule has 0 N–H and O–H groups in total. The minimum absolute atomic E-state index is 0.565. The fourth-order valence-electron chi connectivity index (χ4n) is 2.03. The molecule has 1 aliphatic carbocycles. The lowest BCUT2D eigenvalue weighted by Crippen LogP contribution is -2.29. The van der Waals surface area contributed by atoms with E-state index in [0.717, 1.165) is 13.0 Å². The van der Waals surface area contributed by atoms with Gasteiger partial charge in [0.25, 0.3) is 0 Å². The number of aromatic nitrogens is 1. The summed E-state index contributed by atoms with van der Waals surface area (Å²) < 4.78 is 2.30. The van der Waals surface area contributed by atoms with E-state index in [0.29, 0.717) is 6.04 Å². The van der Waals surface area contributed by atoms with Crippen molar-refractivity contribution in [2.75, 3.05) is 14.1 Å². The maximum atomic E-state index is 2.30. The molecule has 0 fully saturated rings. The van der Waals surface area contributed by atoms with Crippen LogP contribution in [-0.2, 0) is 13.0 Å². The molecule has 0 radical (unpaired) electrons. The molecule has 0 bridgehead atoms. The summed E-state index contributed by atoms with van der Waals surface area (Å²) >= 11 is 0. The average Bonchev–Trinajstić information content (AvgIpc) is 2.59. The lowest BCUT2D eigenvalue weighted by atomic mass is 9.99. The average molecular weight is 190 g/mol. The minimum atomic E-state index is 0.565. The van der Waals surface area contributed by atoms with E-state index in [1.807, 2.05) is 0 Å². The number of hydrogen-bond acceptors (Lipinski definition) is 1. The molecule has 2 heteroatoms. The molecule has 76 valence electrons. The van der Waals surface area contributed by atoms with Crippen LogP contribution in [-0.4, -0.2) is 29.6 Å². The molecule has 1 atom stereocenters. The molecule has 1 heterocycles. The molecule has 0 aromatic carbocycles. The smallest absolute Gasteiger partial charge is 0.0437 e. The van der Waals surface area contributed by atoms with Gasteiger partial charge in [-0.2, -0.15) is 0 Å². The summed E-state index contributed by atoms with van der Waals surface area (Å²) in [6.07, 6.45) is 7.89. The molecule has 2 rings (SSSR count). The van der Waals surface area contributed by atoms with E-state index < -0.39 is 0 Å². The topological polar surface area (TPSA) is 8.17 Å². The zero-order valence-corrected chi connectivity index (χ0v) is 9.20. The van der Waals surface area contributed by atoms with Crippen molar-refractivity contribution in [3.8, 4) is 0 Å². The third-order valence-corrected chi connectivity index (χ3v) is 3.00. The third-order valence-electron chi connectivity index (χ3n) is 3.00. The zero-order chi connectivity index (χ0) is 10.1. The maximum Gasteiger partial charge on any atom is 0.0437 e. The van der Waals surface area contributed by atoms with Crippen molar-refractivity contribution in [2.24, 2.45) is 0 Å². The molecule has 1 aromatic rings. The van der Waals surface area contributed by atoms with Crippen LogP contribution in [0.5, 0.6) is 0 Å². The Balaban J connectivity index is 2.28. The highest BCUT2D eigenvalue weighted by Gasteiger charge is 2.17. The van der Waals surface area contributed by atoms with Gasteiger partial charge in [0.1, 0.15) is 0 Å². The number of hydrogen-bond donors (Lipinski definition) is 0. The van der Waals surface area contributed by atoms with Gasteiger partial charge in [0.05, 0.1) is 0 Å². The third kappa shape index (κ3) is 1.50. The Labute approximate surface area is 85.8 Å². The van der Waals surface area contributed by atoms with Crippen LogP contribution in [0.15, 0.2) is 18.3 Å². The van der Waals surface area contributed by atoms with Gasteiger partial charge in [0.2, 0.25) is 0 Å². The molecule has 1 aliphatic rings. The van der Waals surface area contributed by atoms with Gasteiger partial charge >= 0.3 is 0 Å². The highest BCUT2D eigenvalue weighted by Crippen LogP contribution is 2.22. The summed E-state index contributed by atoms with van der Waals surface area (Å²) in [4.78, 5) is 2.27. The van der Waals surface area contributed by atoms with Crippen LogP contribution >= 0.6 is 0 Å². The zero-order valence-electron chi connectivity index (χ0n) is 9.20. The minimum Gasteiger partial charge on any atom is -0.348 e. The fourth-order valence-corrected chi connectivity index (χ4v) is 2.03. The van der Waals surface area contributed by atoms with Gasteiger partial charge < -0.3 is 9.47 Å². The number of nitrogens with zero attached hydrogens (tertiary/aromatic N) is 2. The summed E-state index contributed by atoms with van der Waals surface area (Å²) in [5, 5.41) is 0. The van der Waals surface area contributed by atoms with Crippen molar-refractivity contribution in [2.45, 2.75) is 25.9 Å². The highest BCUT2D eigenvalue weighted by atomic mass is 15.1. The van der Waals surface area contributed by atoms with Crippen LogP contribution in [0.3, 0.4) is 0 Å². The van der Waals surface area contributed by atoms with Crippen LogP contribution in [0.4, 0.5) is 0 Å². The van der Waals surface area contributed by atoms with Crippen LogP contribution in [0.2, 0.25) is 0 Å². The molecule has 2 nitrogen and oxygen atoms in total. The number of likely N-dealkylation sites (N-methyl/N-ethyl adjacent to an activating group) is 1. The van der Waals surface area contributed by atoms with E-state index in [-0.39, 0.29) is 0 Å². The van der Waals surface area contributed by atoms with Crippen molar-refractivity contribution < 1.29 is 0 Å². The second-order valence-electron chi connectivity index (χ2n) is 4.11. The van der Waals surface area contributed by atoms with Gasteiger partial charge in [-0.25, -0.2) is 0 Å². The standard InChI is InChI=1S/C12H18N2/c1-4-14-8-7-10-9-11(13(2)3)5-6-12(10)14/h5-8,11H,4,9H2,1-3H3. The number of fused-ring (bicyclic) bond motifs is 1. The van der Waals surface area contributed by atoms with Crippen molar-refractivity contribution in [1.29, 1.82) is 0 Å². The van der Waals surface area contributed by atoms with E-state index in [9.17, 15) is 0 Å². The molecule has 1 unspecified atom stereocenters. The van der Waals surface area contributed by atoms with Crippen LogP contribution in [0.25, 0.3) is 6.08 Å². The Morgan fingerprint density at radius 1 is 1.50 bits per heavy atom. The molecule has 0 amide bonds. The fraction of sp³-hybridized carbons (Fsp3) is 0.500. The molecule has 0 saturated heterocycles. The first-order chi connectivity index (χ1) is 6.72. The Hall–Kier alpha value is -1.02. The Kier molecular flexibility index (Phi) is 2.46. The normalized spacial score (nSPS) is 20.1. The van der Waals surface area contributed by atoms with Crippen LogP contribution in [0.1, 0.15) is 18.2 Å². The Morgan fingerprint density at radius 2 is 2.29 bits per heavy atom. The molecule has 0 spiro atoms. The summed E-state index contributed by atoms with van der Waals surface area (Å²) in [5.41, 5.74) is 2.87. The number of aryl methyl sites for hydroxylation is 1. The van der Waals surface area contributed by atoms with Crippen LogP contribution in [0, 0.1) is 0 Å². The monoisotopic (exact) mass is 190 g/mol. The van der Waals surface area contributed by atoms with Crippen molar-refractivity contribution in [3.05, 3.63) is 29.6 Å². The van der Waals surface area contributed by atoms with Gasteiger partial charge in [-0.3, -0.25) is 0 Å². The summed E-state index contributed by atoms with van der Waals surface area (Å²) in [7, 11) is 4.27. The maximum absolute atomic E-state index is 2.30. The van der Waals surface area contributed by atoms with Crippen molar-refractivity contribution in [3.63, 3.8) is 0 Å². The molecular weight excluding hydrogens is 172 g/mol. The second-order valence-corrected chi connectivity index (χ2v) is 4.11. The number of rotatable bonds is 2. The lowest BCUT2D eigenvalue weighted by Gasteiger charge is -2.24. The second kappa shape index (κ2) is 3.62. The predicted molar refractivity (Wildman–Crippen MR) is 60.3 cm³/mol. The van der Waals surface area contributed by atoms with E-state index in [4.69, 9.17) is 0 Å². The quantitative estimate of drug-likeness (QED) is 0.692. The molecule has 0 saturated carbocycles. The summed E-state index contributed by atoms with van der Waals surface area (Å²) in [6.45, 7) is 3.25. The van der Waals surface area contributed by atoms with E-state index in [1.165, 1.54) is 11.3 Å². The first-order valence-electron chi connectivity index (χ1n) is 5.25. The SMILES string of the molecule is CCn1ccc2c1C=CC(N(C)C)C2.